The molecule has 576 valence electrons. The third-order valence-electron chi connectivity index (χ3n) is 25.3. The van der Waals surface area contributed by atoms with Crippen molar-refractivity contribution in [2.24, 2.45) is 0 Å². The minimum Gasteiger partial charge on any atom is -0.0622 e. The Kier molecular flexibility index (Phi) is 19.1. The molecule has 0 atom stereocenters. The van der Waals surface area contributed by atoms with Crippen molar-refractivity contribution >= 4 is 86.2 Å². The predicted molar refractivity (Wildman–Crippen MR) is 527 cm³/mol. The van der Waals surface area contributed by atoms with Crippen LogP contribution in [0.3, 0.4) is 0 Å². The standard InChI is InChI=1S/C46H32.C44H32.C32H24/c1-29-17-21-33(22-18-29)41-37-15-9-10-16-38(37)42(34-23-19-30(2)20-24-34)46-40-28-26-36(32-13-7-4-8-14-32)43-35(31-11-5-3-6-12-31)25-27-39(44(40)43)45(41)46;1-29-21-25-33(26-22-29)41-37-19-11-12-20-38(37)42(34-27-23-30(2)24-28-34)44-40(32-15-7-4-8-16-32)36-18-10-9-17-35(36)39(43(41)44)31-13-5-3-6-14-31;1-21-11-15-23(16-12-21)31-27-9-5-6-10-28(27)32(24-17-13-22(2)14-18-24)30-20-26-8-4-3-7-25(26)19-29(30)31/h3-28H,1-2H3;3-28H,1-2H3;3-20H,1-2H3. The van der Waals surface area contributed by atoms with Crippen LogP contribution in [0, 0.1) is 41.5 Å². The van der Waals surface area contributed by atoms with Gasteiger partial charge in [-0.05, 0) is 273 Å². The molecule has 1 aliphatic rings. The van der Waals surface area contributed by atoms with E-state index < -0.39 is 0 Å². The molecule has 0 unspecified atom stereocenters. The molecule has 0 nitrogen and oxygen atoms in total. The Morgan fingerprint density at radius 1 is 0.115 bits per heavy atom. The Bertz CT molecular complexity index is 7340. The molecule has 0 radical (unpaired) electrons. The summed E-state index contributed by atoms with van der Waals surface area (Å²) in [5.41, 5.74) is 38.3. The average Bonchev–Trinajstić information content (AvgIpc) is 1.35. The Morgan fingerprint density at radius 3 is 0.574 bits per heavy atom. The quantitative estimate of drug-likeness (QED) is 0.120. The third-order valence-corrected chi connectivity index (χ3v) is 25.3. The molecule has 0 N–H and O–H groups in total. The molecule has 1 aliphatic carbocycles. The maximum Gasteiger partial charge on any atom is -0.000139 e. The second kappa shape index (κ2) is 31.3. The molecule has 122 heavy (non-hydrogen) atoms. The van der Waals surface area contributed by atoms with Gasteiger partial charge in [0.25, 0.3) is 0 Å². The van der Waals surface area contributed by atoms with Crippen molar-refractivity contribution in [1.82, 2.24) is 0 Å². The van der Waals surface area contributed by atoms with E-state index in [1.807, 2.05) is 0 Å². The van der Waals surface area contributed by atoms with Gasteiger partial charge in [0.2, 0.25) is 0 Å². The van der Waals surface area contributed by atoms with Crippen molar-refractivity contribution in [3.05, 3.63) is 458 Å². The smallest absolute Gasteiger partial charge is 0.000139 e. The van der Waals surface area contributed by atoms with E-state index in [9.17, 15) is 0 Å². The molecule has 0 fully saturated rings. The van der Waals surface area contributed by atoms with Crippen molar-refractivity contribution < 1.29 is 0 Å². The van der Waals surface area contributed by atoms with Crippen molar-refractivity contribution in [2.45, 2.75) is 41.5 Å². The van der Waals surface area contributed by atoms with Gasteiger partial charge in [0, 0.05) is 0 Å². The highest BCUT2D eigenvalue weighted by Gasteiger charge is 2.33. The number of hydrogen-bond acceptors (Lipinski definition) is 0. The normalized spacial score (nSPS) is 11.5. The molecule has 0 aromatic heterocycles. The van der Waals surface area contributed by atoms with E-state index in [4.69, 9.17) is 0 Å². The fraction of sp³-hybridized carbons (Fsp3) is 0.0492. The van der Waals surface area contributed by atoms with E-state index in [0.717, 1.165) is 0 Å². The Morgan fingerprint density at radius 2 is 0.303 bits per heavy atom. The van der Waals surface area contributed by atoms with Crippen LogP contribution in [0.25, 0.3) is 220 Å². The molecule has 0 heterocycles. The minimum absolute atomic E-state index is 1.23. The van der Waals surface area contributed by atoms with E-state index in [1.54, 1.807) is 0 Å². The SMILES string of the molecule is Cc1ccc(-c2c3c(c(-c4ccc(C)cc4)c4ccccc24)-c2ccc(-c4ccccc4)c4c(-c5ccccc5)ccc-3c24)cc1.Cc1ccc(-c2c3ccccc3c(-c3ccc(C)cc3)c3c(-c4ccccc4)c4ccccc4c(-c4ccccc4)c23)cc1.Cc1ccc(-c2c3ccccc3c(-c3ccc(C)cc3)c3cc4ccccc4cc23)cc1. The van der Waals surface area contributed by atoms with Crippen LogP contribution in [0.2, 0.25) is 0 Å². The highest BCUT2D eigenvalue weighted by atomic mass is 14.4. The first-order valence-corrected chi connectivity index (χ1v) is 42.7. The summed E-state index contributed by atoms with van der Waals surface area (Å²) in [6.45, 7) is 13.0. The molecule has 0 saturated carbocycles. The maximum absolute atomic E-state index is 2.39. The van der Waals surface area contributed by atoms with Gasteiger partial charge >= 0.3 is 0 Å². The van der Waals surface area contributed by atoms with Crippen LogP contribution in [-0.2, 0) is 0 Å². The zero-order valence-corrected chi connectivity index (χ0v) is 69.4. The fourth-order valence-corrected chi connectivity index (χ4v) is 19.5. The van der Waals surface area contributed by atoms with Gasteiger partial charge in [-0.1, -0.05) is 446 Å². The lowest BCUT2D eigenvalue weighted by Gasteiger charge is -2.25. The van der Waals surface area contributed by atoms with Crippen molar-refractivity contribution in [3.8, 4) is 134 Å². The Balaban J connectivity index is 0.000000115. The van der Waals surface area contributed by atoms with E-state index in [-0.39, 0.29) is 0 Å². The summed E-state index contributed by atoms with van der Waals surface area (Å²) in [4.78, 5) is 0. The van der Waals surface area contributed by atoms with Crippen LogP contribution in [0.1, 0.15) is 33.4 Å². The lowest BCUT2D eigenvalue weighted by Crippen LogP contribution is -1.97. The third kappa shape index (κ3) is 13.1. The molecule has 23 rings (SSSR count). The van der Waals surface area contributed by atoms with Crippen LogP contribution >= 0.6 is 0 Å². The van der Waals surface area contributed by atoms with Crippen molar-refractivity contribution in [2.75, 3.05) is 0 Å². The van der Waals surface area contributed by atoms with Crippen molar-refractivity contribution in [1.29, 1.82) is 0 Å². The minimum atomic E-state index is 1.23. The first kappa shape index (κ1) is 74.5. The van der Waals surface area contributed by atoms with Crippen LogP contribution in [-0.4, -0.2) is 0 Å². The Hall–Kier alpha value is -15.1. The van der Waals surface area contributed by atoms with Gasteiger partial charge in [-0.2, -0.15) is 0 Å². The van der Waals surface area contributed by atoms with Crippen LogP contribution < -0.4 is 0 Å². The number of hydrogen-bond donors (Lipinski definition) is 0. The van der Waals surface area contributed by atoms with Crippen LogP contribution in [0.4, 0.5) is 0 Å². The molecular weight excluding hydrogens is 1470 g/mol. The van der Waals surface area contributed by atoms with E-state index in [1.165, 1.54) is 253 Å². The number of rotatable bonds is 10. The summed E-state index contributed by atoms with van der Waals surface area (Å²) in [6, 6.07) is 157. The summed E-state index contributed by atoms with van der Waals surface area (Å²) in [5.74, 6) is 0. The molecule has 0 saturated heterocycles. The van der Waals surface area contributed by atoms with Crippen molar-refractivity contribution in [3.63, 3.8) is 0 Å². The second-order valence-corrected chi connectivity index (χ2v) is 33.2. The molecule has 0 amide bonds. The second-order valence-electron chi connectivity index (χ2n) is 33.2. The largest absolute Gasteiger partial charge is 0.0622 e. The van der Waals surface area contributed by atoms with Gasteiger partial charge in [-0.15, -0.1) is 0 Å². The first-order valence-electron chi connectivity index (χ1n) is 42.7. The highest BCUT2D eigenvalue weighted by Crippen LogP contribution is 2.61. The summed E-state index contributed by atoms with van der Waals surface area (Å²) < 4.78 is 0. The summed E-state index contributed by atoms with van der Waals surface area (Å²) in [6.07, 6.45) is 0. The van der Waals surface area contributed by atoms with Gasteiger partial charge in [-0.25, -0.2) is 0 Å². The average molecular weight is 1550 g/mol. The fourth-order valence-electron chi connectivity index (χ4n) is 19.5. The van der Waals surface area contributed by atoms with E-state index in [0.29, 0.717) is 0 Å². The summed E-state index contributed by atoms with van der Waals surface area (Å²) in [7, 11) is 0. The zero-order valence-electron chi connectivity index (χ0n) is 69.4. The molecule has 0 bridgehead atoms. The first-order chi connectivity index (χ1) is 60.0. The van der Waals surface area contributed by atoms with Gasteiger partial charge < -0.3 is 0 Å². The lowest BCUT2D eigenvalue weighted by molar-refractivity contribution is 1.47. The van der Waals surface area contributed by atoms with Gasteiger partial charge in [-0.3, -0.25) is 0 Å². The van der Waals surface area contributed by atoms with Gasteiger partial charge in [0.15, 0.2) is 0 Å². The molecular formula is C122H88. The molecule has 0 spiro atoms. The lowest BCUT2D eigenvalue weighted by atomic mass is 9.77. The number of benzene rings is 22. The predicted octanol–water partition coefficient (Wildman–Crippen LogP) is 34.5. The van der Waals surface area contributed by atoms with Crippen LogP contribution in [0.5, 0.6) is 0 Å². The molecule has 0 heteroatoms. The zero-order chi connectivity index (χ0) is 82.1. The molecule has 22 aromatic carbocycles. The summed E-state index contributed by atoms with van der Waals surface area (Å²) in [5, 5.41) is 20.7. The van der Waals surface area contributed by atoms with Gasteiger partial charge in [0.1, 0.15) is 0 Å². The summed E-state index contributed by atoms with van der Waals surface area (Å²) >= 11 is 0. The topological polar surface area (TPSA) is 0 Å². The van der Waals surface area contributed by atoms with Gasteiger partial charge in [0.05, 0.1) is 0 Å². The molecule has 0 aliphatic heterocycles. The Labute approximate surface area is 714 Å². The molecule has 22 aromatic rings. The number of aryl methyl sites for hydroxylation is 6. The van der Waals surface area contributed by atoms with E-state index in [2.05, 4.69) is 466 Å². The monoisotopic (exact) mass is 1550 g/mol. The van der Waals surface area contributed by atoms with E-state index >= 15 is 0 Å². The maximum atomic E-state index is 2.39. The number of fused-ring (bicyclic) bond motifs is 10. The highest BCUT2D eigenvalue weighted by molar-refractivity contribution is 6.35. The van der Waals surface area contributed by atoms with Crippen LogP contribution in [0.15, 0.2) is 425 Å².